The van der Waals surface area contributed by atoms with Gasteiger partial charge in [-0.25, -0.2) is 9.78 Å². The number of carboxylic acid groups (broad SMARTS) is 1. The van der Waals surface area contributed by atoms with Gasteiger partial charge in [0.2, 0.25) is 5.91 Å². The zero-order chi connectivity index (χ0) is 15.4. The van der Waals surface area contributed by atoms with Crippen molar-refractivity contribution in [3.05, 3.63) is 30.1 Å². The number of hydrogen-bond donors (Lipinski definition) is 2. The maximum atomic E-state index is 12.0. The van der Waals surface area contributed by atoms with Gasteiger partial charge in [0.25, 0.3) is 0 Å². The molecule has 7 nitrogen and oxygen atoms in total. The molecule has 0 radical (unpaired) electrons. The van der Waals surface area contributed by atoms with Crippen LogP contribution in [0.25, 0.3) is 5.65 Å². The van der Waals surface area contributed by atoms with Crippen molar-refractivity contribution in [1.29, 1.82) is 0 Å². The molecule has 0 saturated carbocycles. The van der Waals surface area contributed by atoms with Crippen LogP contribution in [0.5, 0.6) is 0 Å². The molecule has 21 heavy (non-hydrogen) atoms. The number of aromatic carboxylic acids is 1. The zero-order valence-electron chi connectivity index (χ0n) is 12.0. The molecule has 2 N–H and O–H groups in total. The molecular formula is C14H18N4O3. The van der Waals surface area contributed by atoms with Crippen molar-refractivity contribution in [2.75, 3.05) is 25.0 Å². The van der Waals surface area contributed by atoms with Crippen molar-refractivity contribution in [2.24, 2.45) is 0 Å². The van der Waals surface area contributed by atoms with E-state index in [-0.39, 0.29) is 24.0 Å². The second-order valence-electron chi connectivity index (χ2n) is 4.46. The van der Waals surface area contributed by atoms with Gasteiger partial charge in [-0.2, -0.15) is 0 Å². The Hall–Kier alpha value is -2.57. The van der Waals surface area contributed by atoms with Gasteiger partial charge in [-0.3, -0.25) is 9.20 Å². The maximum absolute atomic E-state index is 12.0. The van der Waals surface area contributed by atoms with E-state index in [1.165, 1.54) is 4.40 Å². The highest BCUT2D eigenvalue weighted by Crippen LogP contribution is 2.17. The number of carbonyl (C=O) groups excluding carboxylic acids is 1. The Labute approximate surface area is 122 Å². The predicted octanol–water partition coefficient (Wildman–Crippen LogP) is 1.31. The van der Waals surface area contributed by atoms with Gasteiger partial charge in [-0.1, -0.05) is 6.07 Å². The van der Waals surface area contributed by atoms with Gasteiger partial charge in [0.15, 0.2) is 11.5 Å². The van der Waals surface area contributed by atoms with Crippen LogP contribution in [-0.4, -0.2) is 50.9 Å². The number of nitrogens with zero attached hydrogens (tertiary/aromatic N) is 3. The molecule has 2 aromatic rings. The van der Waals surface area contributed by atoms with E-state index in [2.05, 4.69) is 10.3 Å². The third kappa shape index (κ3) is 2.96. The largest absolute Gasteiger partial charge is 0.476 e. The standard InChI is InChI=1S/C14H18N4O3/c1-3-17(4-2)11(19)9-15-13-12(14(20)21)18-8-6-5-7-10(18)16-13/h5-8,15H,3-4,9H2,1-2H3,(H,20,21). The summed E-state index contributed by atoms with van der Waals surface area (Å²) < 4.78 is 1.48. The van der Waals surface area contributed by atoms with E-state index in [4.69, 9.17) is 0 Å². The highest BCUT2D eigenvalue weighted by molar-refractivity contribution is 5.93. The van der Waals surface area contributed by atoms with E-state index < -0.39 is 5.97 Å². The molecule has 0 spiro atoms. The SMILES string of the molecule is CCN(CC)C(=O)CNc1nc2ccccn2c1C(=O)O. The van der Waals surface area contributed by atoms with Gasteiger partial charge in [-0.15, -0.1) is 0 Å². The number of rotatable bonds is 6. The van der Waals surface area contributed by atoms with Gasteiger partial charge in [0, 0.05) is 19.3 Å². The summed E-state index contributed by atoms with van der Waals surface area (Å²) >= 11 is 0. The number of pyridine rings is 1. The Morgan fingerprint density at radius 2 is 2.05 bits per heavy atom. The topological polar surface area (TPSA) is 86.9 Å². The van der Waals surface area contributed by atoms with E-state index in [0.717, 1.165) is 0 Å². The molecule has 0 bridgehead atoms. The molecule has 0 aliphatic rings. The van der Waals surface area contributed by atoms with E-state index >= 15 is 0 Å². The third-order valence-corrected chi connectivity index (χ3v) is 3.26. The molecule has 2 rings (SSSR count). The molecule has 0 fully saturated rings. The van der Waals surface area contributed by atoms with Crippen LogP contribution in [0.1, 0.15) is 24.3 Å². The van der Waals surface area contributed by atoms with Crippen LogP contribution in [-0.2, 0) is 4.79 Å². The summed E-state index contributed by atoms with van der Waals surface area (Å²) in [5.74, 6) is -0.978. The minimum atomic E-state index is -1.09. The lowest BCUT2D eigenvalue weighted by Crippen LogP contribution is -2.35. The Balaban J connectivity index is 2.24. The first-order valence-corrected chi connectivity index (χ1v) is 6.80. The minimum absolute atomic E-state index is 0.0197. The van der Waals surface area contributed by atoms with Crippen LogP contribution in [0, 0.1) is 0 Å². The van der Waals surface area contributed by atoms with Crippen molar-refractivity contribution in [1.82, 2.24) is 14.3 Å². The number of anilines is 1. The number of aromatic nitrogens is 2. The smallest absolute Gasteiger partial charge is 0.356 e. The predicted molar refractivity (Wildman–Crippen MR) is 78.6 cm³/mol. The molecule has 0 aromatic carbocycles. The van der Waals surface area contributed by atoms with Crippen molar-refractivity contribution in [3.63, 3.8) is 0 Å². The number of carbonyl (C=O) groups is 2. The lowest BCUT2D eigenvalue weighted by Gasteiger charge is -2.18. The van der Waals surface area contributed by atoms with Crippen molar-refractivity contribution < 1.29 is 14.7 Å². The molecule has 0 unspecified atom stereocenters. The Bertz CT molecular complexity index is 661. The molecule has 0 aliphatic carbocycles. The average molecular weight is 290 g/mol. The van der Waals surface area contributed by atoms with Crippen LogP contribution < -0.4 is 5.32 Å². The number of imidazole rings is 1. The number of fused-ring (bicyclic) bond motifs is 1. The Morgan fingerprint density at radius 3 is 2.67 bits per heavy atom. The summed E-state index contributed by atoms with van der Waals surface area (Å²) in [6.45, 7) is 5.05. The molecule has 7 heteroatoms. The van der Waals surface area contributed by atoms with E-state index in [9.17, 15) is 14.7 Å². The normalized spacial score (nSPS) is 10.6. The first kappa shape index (κ1) is 14.8. The summed E-state index contributed by atoms with van der Waals surface area (Å²) in [6.07, 6.45) is 1.63. The Morgan fingerprint density at radius 1 is 1.33 bits per heavy atom. The second kappa shape index (κ2) is 6.25. The van der Waals surface area contributed by atoms with Gasteiger partial charge in [0.1, 0.15) is 5.65 Å². The van der Waals surface area contributed by atoms with Crippen LogP contribution in [0.4, 0.5) is 5.82 Å². The first-order chi connectivity index (χ1) is 10.1. The molecule has 0 saturated heterocycles. The lowest BCUT2D eigenvalue weighted by atomic mass is 10.4. The van der Waals surface area contributed by atoms with Crippen molar-refractivity contribution in [3.8, 4) is 0 Å². The summed E-state index contributed by atoms with van der Waals surface area (Å²) in [6, 6.07) is 5.22. The van der Waals surface area contributed by atoms with Crippen LogP contribution in [0.2, 0.25) is 0 Å². The second-order valence-corrected chi connectivity index (χ2v) is 4.46. The number of hydrogen-bond acceptors (Lipinski definition) is 4. The van der Waals surface area contributed by atoms with Crippen LogP contribution in [0.15, 0.2) is 24.4 Å². The minimum Gasteiger partial charge on any atom is -0.476 e. The summed E-state index contributed by atoms with van der Waals surface area (Å²) in [7, 11) is 0. The molecular weight excluding hydrogens is 272 g/mol. The van der Waals surface area contributed by atoms with Crippen molar-refractivity contribution in [2.45, 2.75) is 13.8 Å². The number of likely N-dealkylation sites (N-methyl/N-ethyl adjacent to an activating group) is 1. The van der Waals surface area contributed by atoms with E-state index in [1.54, 1.807) is 29.3 Å². The zero-order valence-corrected chi connectivity index (χ0v) is 12.0. The average Bonchev–Trinajstić information content (AvgIpc) is 2.84. The monoisotopic (exact) mass is 290 g/mol. The molecule has 1 amide bonds. The highest BCUT2D eigenvalue weighted by atomic mass is 16.4. The Kier molecular flexibility index (Phi) is 4.42. The summed E-state index contributed by atoms with van der Waals surface area (Å²) in [5.41, 5.74) is 0.547. The van der Waals surface area contributed by atoms with Crippen LogP contribution in [0.3, 0.4) is 0 Å². The molecule has 2 aromatic heterocycles. The van der Waals surface area contributed by atoms with Crippen LogP contribution >= 0.6 is 0 Å². The molecule has 0 atom stereocenters. The van der Waals surface area contributed by atoms with E-state index in [1.807, 2.05) is 13.8 Å². The van der Waals surface area contributed by atoms with Crippen molar-refractivity contribution >= 4 is 23.3 Å². The highest BCUT2D eigenvalue weighted by Gasteiger charge is 2.19. The quantitative estimate of drug-likeness (QED) is 0.837. The molecule has 2 heterocycles. The maximum Gasteiger partial charge on any atom is 0.356 e. The molecule has 0 aliphatic heterocycles. The van der Waals surface area contributed by atoms with Gasteiger partial charge in [0.05, 0.1) is 6.54 Å². The first-order valence-electron chi connectivity index (χ1n) is 6.80. The van der Waals surface area contributed by atoms with E-state index in [0.29, 0.717) is 18.7 Å². The fourth-order valence-corrected chi connectivity index (χ4v) is 2.17. The number of nitrogens with one attached hydrogen (secondary N) is 1. The lowest BCUT2D eigenvalue weighted by molar-refractivity contribution is -0.128. The fourth-order valence-electron chi connectivity index (χ4n) is 2.17. The molecule has 112 valence electrons. The van der Waals surface area contributed by atoms with Gasteiger partial charge >= 0.3 is 5.97 Å². The third-order valence-electron chi connectivity index (χ3n) is 3.26. The summed E-state index contributed by atoms with van der Waals surface area (Å²) in [4.78, 5) is 29.2. The fraction of sp³-hybridized carbons (Fsp3) is 0.357. The van der Waals surface area contributed by atoms with Gasteiger partial charge < -0.3 is 15.3 Å². The van der Waals surface area contributed by atoms with Gasteiger partial charge in [-0.05, 0) is 26.0 Å². The number of carboxylic acids is 1. The number of amides is 1. The summed E-state index contributed by atoms with van der Waals surface area (Å²) in [5, 5.41) is 12.2.